The summed E-state index contributed by atoms with van der Waals surface area (Å²) < 4.78 is 21.6. The number of carboxylic acids is 1. The van der Waals surface area contributed by atoms with E-state index < -0.39 is 30.6 Å². The molecule has 10 heteroatoms. The van der Waals surface area contributed by atoms with Gasteiger partial charge < -0.3 is 34.5 Å². The van der Waals surface area contributed by atoms with Gasteiger partial charge in [-0.3, -0.25) is 9.59 Å². The second-order valence-electron chi connectivity index (χ2n) is 7.12. The molecule has 0 unspecified atom stereocenters. The van der Waals surface area contributed by atoms with E-state index in [0.717, 1.165) is 0 Å². The van der Waals surface area contributed by atoms with E-state index in [0.29, 0.717) is 22.6 Å². The summed E-state index contributed by atoms with van der Waals surface area (Å²) in [6, 6.07) is 8.28. The lowest BCUT2D eigenvalue weighted by Gasteiger charge is -2.17. The van der Waals surface area contributed by atoms with Crippen LogP contribution in [0.4, 0.5) is 0 Å². The van der Waals surface area contributed by atoms with Gasteiger partial charge in [0.15, 0.2) is 29.9 Å². The zero-order chi connectivity index (χ0) is 22.8. The highest BCUT2D eigenvalue weighted by Gasteiger charge is 2.28. The molecule has 0 aromatic heterocycles. The number of nitrogens with one attached hydrogen (secondary N) is 1. The Morgan fingerprint density at radius 1 is 1.16 bits per heavy atom. The number of hydrogen-bond donors (Lipinski definition) is 3. The number of ketones is 1. The fourth-order valence-corrected chi connectivity index (χ4v) is 3.16. The Kier molecular flexibility index (Phi) is 5.69. The normalized spacial score (nSPS) is 16.8. The molecule has 2 aromatic rings. The number of benzene rings is 2. The monoisotopic (exact) mass is 441 g/mol. The predicted molar refractivity (Wildman–Crippen MR) is 109 cm³/mol. The van der Waals surface area contributed by atoms with E-state index in [1.165, 1.54) is 25.1 Å². The molecule has 0 saturated heterocycles. The van der Waals surface area contributed by atoms with Crippen LogP contribution in [0.25, 0.3) is 6.08 Å². The van der Waals surface area contributed by atoms with Crippen molar-refractivity contribution in [3.8, 4) is 23.0 Å². The Labute approximate surface area is 182 Å². The van der Waals surface area contributed by atoms with E-state index in [2.05, 4.69) is 5.32 Å². The van der Waals surface area contributed by atoms with Crippen molar-refractivity contribution >= 4 is 23.7 Å². The molecule has 2 aromatic carbocycles. The zero-order valence-corrected chi connectivity index (χ0v) is 16.9. The average Bonchev–Trinajstić information content (AvgIpc) is 3.34. The van der Waals surface area contributed by atoms with Gasteiger partial charge in [-0.2, -0.15) is 0 Å². The molecule has 3 N–H and O–H groups in total. The van der Waals surface area contributed by atoms with Crippen molar-refractivity contribution in [2.24, 2.45) is 0 Å². The molecule has 2 aliphatic rings. The summed E-state index contributed by atoms with van der Waals surface area (Å²) in [6.07, 6.45) is 0.311. The minimum absolute atomic E-state index is 0.120. The van der Waals surface area contributed by atoms with Gasteiger partial charge in [-0.1, -0.05) is 6.07 Å². The molecule has 0 fully saturated rings. The number of carboxylic acid groups (broad SMARTS) is 1. The Morgan fingerprint density at radius 2 is 1.94 bits per heavy atom. The molecule has 0 spiro atoms. The van der Waals surface area contributed by atoms with E-state index in [1.807, 2.05) is 0 Å². The molecule has 2 atom stereocenters. The standard InChI is InChI=1S/C22H19NO9/c1-11(24)20(22(27)28)23-19(25)9-29-13-3-4-14-16(8-13)32-18(21(14)26)7-12-2-5-15-17(6-12)31-10-30-15/h2-8,11,20,24H,9-10H2,1H3,(H,23,25)(H,27,28)/b18-7-/t11-,20+/m0/s1. The first kappa shape index (κ1) is 21.2. The van der Waals surface area contributed by atoms with Gasteiger partial charge in [-0.25, -0.2) is 4.79 Å². The molecule has 2 heterocycles. The maximum absolute atomic E-state index is 12.6. The maximum Gasteiger partial charge on any atom is 0.328 e. The first-order valence-electron chi connectivity index (χ1n) is 9.63. The molecule has 1 amide bonds. The first-order valence-corrected chi connectivity index (χ1v) is 9.63. The van der Waals surface area contributed by atoms with Crippen LogP contribution in [0.3, 0.4) is 0 Å². The average molecular weight is 441 g/mol. The highest BCUT2D eigenvalue weighted by molar-refractivity contribution is 6.14. The highest BCUT2D eigenvalue weighted by atomic mass is 16.7. The molecule has 0 aliphatic carbocycles. The molecule has 0 radical (unpaired) electrons. The molecular weight excluding hydrogens is 422 g/mol. The lowest BCUT2D eigenvalue weighted by atomic mass is 10.1. The van der Waals surface area contributed by atoms with E-state index in [-0.39, 0.29) is 29.8 Å². The van der Waals surface area contributed by atoms with Crippen molar-refractivity contribution in [3.63, 3.8) is 0 Å². The van der Waals surface area contributed by atoms with E-state index in [1.54, 1.807) is 24.3 Å². The topological polar surface area (TPSA) is 141 Å². The van der Waals surface area contributed by atoms with Gasteiger partial charge in [0.1, 0.15) is 11.5 Å². The number of aliphatic carboxylic acids is 1. The molecule has 0 saturated carbocycles. The van der Waals surface area contributed by atoms with E-state index in [4.69, 9.17) is 24.1 Å². The first-order chi connectivity index (χ1) is 15.3. The van der Waals surface area contributed by atoms with Gasteiger partial charge in [0.05, 0.1) is 11.7 Å². The van der Waals surface area contributed by atoms with E-state index >= 15 is 0 Å². The van der Waals surface area contributed by atoms with Crippen LogP contribution in [0.1, 0.15) is 22.8 Å². The molecule has 4 rings (SSSR count). The summed E-state index contributed by atoms with van der Waals surface area (Å²) in [5, 5.41) is 20.6. The summed E-state index contributed by atoms with van der Waals surface area (Å²) in [5.74, 6) is -0.538. The lowest BCUT2D eigenvalue weighted by molar-refractivity contribution is -0.145. The summed E-state index contributed by atoms with van der Waals surface area (Å²) in [6.45, 7) is 0.916. The summed E-state index contributed by atoms with van der Waals surface area (Å²) in [7, 11) is 0. The minimum atomic E-state index is -1.45. The van der Waals surface area contributed by atoms with E-state index in [9.17, 15) is 19.5 Å². The van der Waals surface area contributed by atoms with Crippen molar-refractivity contribution in [3.05, 3.63) is 53.3 Å². The number of fused-ring (bicyclic) bond motifs is 2. The molecule has 2 aliphatic heterocycles. The van der Waals surface area contributed by atoms with Gasteiger partial charge in [-0.15, -0.1) is 0 Å². The zero-order valence-electron chi connectivity index (χ0n) is 16.9. The van der Waals surface area contributed by atoms with Crippen molar-refractivity contribution in [1.29, 1.82) is 0 Å². The summed E-state index contributed by atoms with van der Waals surface area (Å²) in [4.78, 5) is 35.6. The van der Waals surface area contributed by atoms with Crippen LogP contribution in [0.15, 0.2) is 42.2 Å². The molecular formula is C22H19NO9. The quantitative estimate of drug-likeness (QED) is 0.543. The number of ether oxygens (including phenoxy) is 4. The fraction of sp³-hybridized carbons (Fsp3) is 0.227. The molecule has 32 heavy (non-hydrogen) atoms. The van der Waals surface area contributed by atoms with Crippen LogP contribution in [0.5, 0.6) is 23.0 Å². The Hall–Kier alpha value is -4.05. The number of hydrogen-bond acceptors (Lipinski definition) is 8. The van der Waals surface area contributed by atoms with Gasteiger partial charge in [-0.05, 0) is 42.8 Å². The second kappa shape index (κ2) is 8.60. The van der Waals surface area contributed by atoms with Crippen LogP contribution in [-0.4, -0.2) is 53.4 Å². The Balaban J connectivity index is 1.42. The third kappa shape index (κ3) is 4.35. The Bertz CT molecular complexity index is 1120. The largest absolute Gasteiger partial charge is 0.484 e. The Morgan fingerprint density at radius 3 is 2.69 bits per heavy atom. The van der Waals surface area contributed by atoms with Gasteiger partial charge in [0.2, 0.25) is 12.6 Å². The van der Waals surface area contributed by atoms with Crippen molar-refractivity contribution in [2.45, 2.75) is 19.1 Å². The number of aliphatic hydroxyl groups excluding tert-OH is 1. The number of carbonyl (C=O) groups is 3. The number of Topliss-reactive ketones (excluding diaryl/α,β-unsaturated/α-hetero) is 1. The summed E-state index contributed by atoms with van der Waals surface area (Å²) >= 11 is 0. The molecule has 10 nitrogen and oxygen atoms in total. The SMILES string of the molecule is C[C@H](O)[C@@H](NC(=O)COc1ccc2c(c1)O/C(=C\c1ccc3c(c1)OCO3)C2=O)C(=O)O. The van der Waals surface area contributed by atoms with Crippen molar-refractivity contribution < 1.29 is 43.5 Å². The van der Waals surface area contributed by atoms with Gasteiger partial charge in [0.25, 0.3) is 5.91 Å². The van der Waals surface area contributed by atoms with Crippen LogP contribution < -0.4 is 24.3 Å². The number of rotatable bonds is 7. The smallest absolute Gasteiger partial charge is 0.328 e. The van der Waals surface area contributed by atoms with Crippen LogP contribution >= 0.6 is 0 Å². The highest BCUT2D eigenvalue weighted by Crippen LogP contribution is 2.37. The number of aliphatic hydroxyl groups is 1. The lowest BCUT2D eigenvalue weighted by Crippen LogP contribution is -2.49. The van der Waals surface area contributed by atoms with Gasteiger partial charge in [0, 0.05) is 6.07 Å². The second-order valence-corrected chi connectivity index (χ2v) is 7.12. The minimum Gasteiger partial charge on any atom is -0.484 e. The van der Waals surface area contributed by atoms with Crippen LogP contribution in [0.2, 0.25) is 0 Å². The predicted octanol–water partition coefficient (Wildman–Crippen LogP) is 1.36. The van der Waals surface area contributed by atoms with Crippen molar-refractivity contribution in [1.82, 2.24) is 5.32 Å². The maximum atomic E-state index is 12.6. The fourth-order valence-electron chi connectivity index (χ4n) is 3.16. The number of amides is 1. The molecule has 0 bridgehead atoms. The number of allylic oxidation sites excluding steroid dienone is 1. The van der Waals surface area contributed by atoms with Crippen molar-refractivity contribution in [2.75, 3.05) is 13.4 Å². The third-order valence-electron chi connectivity index (χ3n) is 4.77. The van der Waals surface area contributed by atoms with Gasteiger partial charge >= 0.3 is 5.97 Å². The number of carbonyl (C=O) groups excluding carboxylic acids is 2. The third-order valence-corrected chi connectivity index (χ3v) is 4.77. The van der Waals surface area contributed by atoms with Crippen LogP contribution in [0, 0.1) is 0 Å². The van der Waals surface area contributed by atoms with Crippen LogP contribution in [-0.2, 0) is 9.59 Å². The molecule has 166 valence electrons. The summed E-state index contributed by atoms with van der Waals surface area (Å²) in [5.41, 5.74) is 1.04.